The number of sulfonamides is 1. The molecular formula is C10H15FN4O2S. The van der Waals surface area contributed by atoms with Crippen molar-refractivity contribution in [2.75, 3.05) is 13.6 Å². The zero-order chi connectivity index (χ0) is 13.9. The Labute approximate surface area is 105 Å². The van der Waals surface area contributed by atoms with Gasteiger partial charge >= 0.3 is 0 Å². The molecule has 0 amide bonds. The third kappa shape index (κ3) is 3.02. The molecule has 0 aromatic carbocycles. The lowest BCUT2D eigenvalue weighted by Crippen LogP contribution is -2.36. The number of pyridine rings is 1. The Hall–Kier alpha value is -1.54. The van der Waals surface area contributed by atoms with E-state index in [-0.39, 0.29) is 12.4 Å². The highest BCUT2D eigenvalue weighted by atomic mass is 32.2. The second-order valence-electron chi connectivity index (χ2n) is 3.93. The van der Waals surface area contributed by atoms with E-state index in [4.69, 9.17) is 11.1 Å². The molecule has 3 N–H and O–H groups in total. The first kappa shape index (κ1) is 14.5. The van der Waals surface area contributed by atoms with Crippen LogP contribution in [0.4, 0.5) is 4.39 Å². The number of nitrogens with one attached hydrogen (secondary N) is 1. The molecule has 8 heteroatoms. The van der Waals surface area contributed by atoms with Crippen LogP contribution >= 0.6 is 0 Å². The molecule has 0 saturated carbocycles. The molecule has 0 bridgehead atoms. The number of halogens is 1. The van der Waals surface area contributed by atoms with Crippen LogP contribution in [0.5, 0.6) is 0 Å². The zero-order valence-corrected chi connectivity index (χ0v) is 10.9. The van der Waals surface area contributed by atoms with Crippen molar-refractivity contribution in [3.63, 3.8) is 0 Å². The van der Waals surface area contributed by atoms with Gasteiger partial charge in [-0.15, -0.1) is 0 Å². The monoisotopic (exact) mass is 274 g/mol. The summed E-state index contributed by atoms with van der Waals surface area (Å²) in [6.45, 7) is 1.61. The molecule has 1 aromatic heterocycles. The number of aromatic nitrogens is 1. The molecule has 0 aliphatic heterocycles. The van der Waals surface area contributed by atoms with E-state index in [0.29, 0.717) is 0 Å². The van der Waals surface area contributed by atoms with E-state index in [0.717, 1.165) is 10.4 Å². The Morgan fingerprint density at radius 2 is 2.28 bits per heavy atom. The van der Waals surface area contributed by atoms with E-state index >= 15 is 0 Å². The maximum Gasteiger partial charge on any atom is 0.263 e. The first-order valence-electron chi connectivity index (χ1n) is 5.17. The third-order valence-corrected chi connectivity index (χ3v) is 4.20. The topological polar surface area (TPSA) is 100 Å². The molecule has 1 aromatic rings. The van der Waals surface area contributed by atoms with Crippen LogP contribution in [0.25, 0.3) is 0 Å². The summed E-state index contributed by atoms with van der Waals surface area (Å²) in [6, 6.07) is 2.34. The predicted octanol–water partition coefficient (Wildman–Crippen LogP) is 0.413. The molecule has 1 unspecified atom stereocenters. The second kappa shape index (κ2) is 5.40. The minimum atomic E-state index is -4.00. The van der Waals surface area contributed by atoms with Crippen molar-refractivity contribution in [2.24, 2.45) is 11.7 Å². The van der Waals surface area contributed by atoms with Crippen molar-refractivity contribution in [1.29, 1.82) is 5.41 Å². The average Bonchev–Trinajstić information content (AvgIpc) is 2.28. The van der Waals surface area contributed by atoms with Crippen molar-refractivity contribution in [2.45, 2.75) is 11.9 Å². The molecular weight excluding hydrogens is 259 g/mol. The van der Waals surface area contributed by atoms with E-state index in [1.165, 1.54) is 19.3 Å². The fourth-order valence-electron chi connectivity index (χ4n) is 1.29. The first-order valence-corrected chi connectivity index (χ1v) is 6.61. The van der Waals surface area contributed by atoms with Crippen molar-refractivity contribution in [3.05, 3.63) is 24.1 Å². The number of rotatable bonds is 5. The smallest absolute Gasteiger partial charge is 0.263 e. The number of amidine groups is 1. The van der Waals surface area contributed by atoms with E-state index < -0.39 is 26.8 Å². The summed E-state index contributed by atoms with van der Waals surface area (Å²) in [6.07, 6.45) is 1.21. The van der Waals surface area contributed by atoms with Crippen LogP contribution in [-0.4, -0.2) is 37.1 Å². The largest absolute Gasteiger partial charge is 0.387 e. The van der Waals surface area contributed by atoms with E-state index in [1.807, 2.05) is 0 Å². The van der Waals surface area contributed by atoms with E-state index in [1.54, 1.807) is 6.92 Å². The molecule has 100 valence electrons. The fourth-order valence-corrected chi connectivity index (χ4v) is 2.51. The number of hydrogen-bond donors (Lipinski definition) is 2. The predicted molar refractivity (Wildman–Crippen MR) is 65.1 cm³/mol. The lowest BCUT2D eigenvalue weighted by Gasteiger charge is -2.20. The molecule has 0 saturated heterocycles. The SMILES string of the molecule is CC(CN(C)S(=O)(=O)c1ncccc1F)C(=N)N. The molecule has 1 atom stereocenters. The molecule has 1 rings (SSSR count). The molecule has 0 aliphatic rings. The molecule has 6 nitrogen and oxygen atoms in total. The third-order valence-electron chi connectivity index (χ3n) is 2.44. The standard InChI is InChI=1S/C10H15FN4O2S/c1-7(9(12)13)6-15(2)18(16,17)10-8(11)4-3-5-14-10/h3-5,7H,6H2,1-2H3,(H3,12,13). The minimum absolute atomic E-state index is 0.00627. The van der Waals surface area contributed by atoms with Gasteiger partial charge in [0.2, 0.25) is 5.03 Å². The summed E-state index contributed by atoms with van der Waals surface area (Å²) in [5.41, 5.74) is 5.27. The van der Waals surface area contributed by atoms with Crippen molar-refractivity contribution >= 4 is 15.9 Å². The van der Waals surface area contributed by atoms with Gasteiger partial charge in [0.1, 0.15) is 0 Å². The van der Waals surface area contributed by atoms with Gasteiger partial charge < -0.3 is 5.73 Å². The summed E-state index contributed by atoms with van der Waals surface area (Å²) in [5.74, 6) is -1.48. The Morgan fingerprint density at radius 1 is 1.67 bits per heavy atom. The van der Waals surface area contributed by atoms with E-state index in [2.05, 4.69) is 4.98 Å². The van der Waals surface area contributed by atoms with Gasteiger partial charge in [-0.2, -0.15) is 4.31 Å². The van der Waals surface area contributed by atoms with Gasteiger partial charge in [0.05, 0.1) is 5.84 Å². The number of nitrogens with zero attached hydrogens (tertiary/aromatic N) is 2. The summed E-state index contributed by atoms with van der Waals surface area (Å²) in [5, 5.41) is 6.59. The normalized spacial score (nSPS) is 13.6. The Morgan fingerprint density at radius 3 is 2.78 bits per heavy atom. The van der Waals surface area contributed by atoms with Crippen molar-refractivity contribution in [3.8, 4) is 0 Å². The molecule has 1 heterocycles. The van der Waals surface area contributed by atoms with Crippen molar-refractivity contribution in [1.82, 2.24) is 9.29 Å². The van der Waals surface area contributed by atoms with Gasteiger partial charge in [0.15, 0.2) is 5.82 Å². The van der Waals surface area contributed by atoms with Gasteiger partial charge in [-0.3, -0.25) is 5.41 Å². The highest BCUT2D eigenvalue weighted by Crippen LogP contribution is 2.16. The van der Waals surface area contributed by atoms with Gasteiger partial charge in [0, 0.05) is 25.7 Å². The van der Waals surface area contributed by atoms with Crippen LogP contribution in [0.2, 0.25) is 0 Å². The van der Waals surface area contributed by atoms with Crippen molar-refractivity contribution < 1.29 is 12.8 Å². The Kier molecular flexibility index (Phi) is 4.36. The van der Waals surface area contributed by atoms with Crippen LogP contribution < -0.4 is 5.73 Å². The number of hydrogen-bond acceptors (Lipinski definition) is 4. The lowest BCUT2D eigenvalue weighted by molar-refractivity contribution is 0.434. The van der Waals surface area contributed by atoms with Gasteiger partial charge in [-0.05, 0) is 12.1 Å². The number of nitrogens with two attached hydrogens (primary N) is 1. The van der Waals surface area contributed by atoms with Crippen LogP contribution in [0, 0.1) is 17.1 Å². The zero-order valence-electron chi connectivity index (χ0n) is 10.1. The highest BCUT2D eigenvalue weighted by Gasteiger charge is 2.27. The fraction of sp³-hybridized carbons (Fsp3) is 0.400. The van der Waals surface area contributed by atoms with Gasteiger partial charge in [0.25, 0.3) is 10.0 Å². The molecule has 0 spiro atoms. The lowest BCUT2D eigenvalue weighted by atomic mass is 10.2. The average molecular weight is 274 g/mol. The van der Waals surface area contributed by atoms with Crippen LogP contribution in [-0.2, 0) is 10.0 Å². The minimum Gasteiger partial charge on any atom is -0.387 e. The maximum atomic E-state index is 13.4. The van der Waals surface area contributed by atoms with Gasteiger partial charge in [-0.25, -0.2) is 17.8 Å². The summed E-state index contributed by atoms with van der Waals surface area (Å²) in [7, 11) is -2.71. The van der Waals surface area contributed by atoms with Crippen LogP contribution in [0.15, 0.2) is 23.4 Å². The van der Waals surface area contributed by atoms with Crippen LogP contribution in [0.1, 0.15) is 6.92 Å². The summed E-state index contributed by atoms with van der Waals surface area (Å²) >= 11 is 0. The Balaban J connectivity index is 3.01. The second-order valence-corrected chi connectivity index (χ2v) is 5.89. The van der Waals surface area contributed by atoms with E-state index in [9.17, 15) is 12.8 Å². The van der Waals surface area contributed by atoms with Crippen LogP contribution in [0.3, 0.4) is 0 Å². The molecule has 0 aliphatic carbocycles. The molecule has 18 heavy (non-hydrogen) atoms. The quantitative estimate of drug-likeness (QED) is 0.600. The Bertz CT molecular complexity index is 547. The summed E-state index contributed by atoms with van der Waals surface area (Å²) < 4.78 is 38.4. The maximum absolute atomic E-state index is 13.4. The molecule has 0 radical (unpaired) electrons. The summed E-state index contributed by atoms with van der Waals surface area (Å²) in [4.78, 5) is 3.53. The van der Waals surface area contributed by atoms with Gasteiger partial charge in [-0.1, -0.05) is 6.92 Å². The molecule has 0 fully saturated rings. The first-order chi connectivity index (χ1) is 8.26. The highest BCUT2D eigenvalue weighted by molar-refractivity contribution is 7.89.